The molecule has 2 rings (SSSR count). The molecule has 1 fully saturated rings. The van der Waals surface area contributed by atoms with E-state index in [9.17, 15) is 14.4 Å². The van der Waals surface area contributed by atoms with Gasteiger partial charge in [-0.25, -0.2) is 4.79 Å². The molecule has 1 saturated carbocycles. The zero-order valence-electron chi connectivity index (χ0n) is 14.4. The van der Waals surface area contributed by atoms with E-state index in [-0.39, 0.29) is 23.3 Å². The lowest BCUT2D eigenvalue weighted by Gasteiger charge is -2.32. The number of carbonyl (C=O) groups excluding carboxylic acids is 3. The van der Waals surface area contributed by atoms with Crippen LogP contribution in [-0.2, 0) is 9.53 Å². The second-order valence-corrected chi connectivity index (χ2v) is 6.23. The van der Waals surface area contributed by atoms with Crippen molar-refractivity contribution >= 4 is 17.7 Å². The van der Waals surface area contributed by atoms with E-state index in [0.717, 1.165) is 19.3 Å². The number of methoxy groups -OCH3 is 1. The summed E-state index contributed by atoms with van der Waals surface area (Å²) in [5.41, 5.74) is 1.93. The van der Waals surface area contributed by atoms with Crippen LogP contribution in [0.3, 0.4) is 0 Å². The third kappa shape index (κ3) is 3.02. The molecular weight excluding hydrogens is 296 g/mol. The van der Waals surface area contributed by atoms with E-state index < -0.39 is 12.0 Å². The highest BCUT2D eigenvalue weighted by Crippen LogP contribution is 2.29. The van der Waals surface area contributed by atoms with Crippen molar-refractivity contribution in [2.75, 3.05) is 14.2 Å². The summed E-state index contributed by atoms with van der Waals surface area (Å²) in [5, 5.41) is 0. The smallest absolute Gasteiger partial charge is 0.354 e. The number of esters is 1. The molecule has 1 N–H and O–H groups in total. The second-order valence-electron chi connectivity index (χ2n) is 6.23. The Morgan fingerprint density at radius 1 is 1.26 bits per heavy atom. The standard InChI is InChI=1S/C17H24N2O4/c1-9-13(10(2)18-14(9)17(22)23-5)15(20)11(3)19(4)16(21)12-7-6-8-12/h11-12,18H,6-8H2,1-5H3. The first-order chi connectivity index (χ1) is 10.8. The lowest BCUT2D eigenvalue weighted by atomic mass is 9.84. The maximum absolute atomic E-state index is 12.8. The van der Waals surface area contributed by atoms with E-state index in [2.05, 4.69) is 4.98 Å². The van der Waals surface area contributed by atoms with Gasteiger partial charge >= 0.3 is 5.97 Å². The number of carbonyl (C=O) groups is 3. The molecule has 0 radical (unpaired) electrons. The second kappa shape index (κ2) is 6.56. The van der Waals surface area contributed by atoms with Gasteiger partial charge in [0.2, 0.25) is 5.91 Å². The van der Waals surface area contributed by atoms with Crippen LogP contribution in [0.1, 0.15) is 58.3 Å². The van der Waals surface area contributed by atoms with Crippen LogP contribution in [0, 0.1) is 19.8 Å². The number of hydrogen-bond donors (Lipinski definition) is 1. The van der Waals surface area contributed by atoms with Crippen molar-refractivity contribution in [2.24, 2.45) is 5.92 Å². The Kier molecular flexibility index (Phi) is 4.92. The molecule has 1 aromatic heterocycles. The Morgan fingerprint density at radius 2 is 1.87 bits per heavy atom. The predicted octanol–water partition coefficient (Wildman–Crippen LogP) is 2.25. The molecule has 1 aliphatic carbocycles. The largest absolute Gasteiger partial charge is 0.464 e. The van der Waals surface area contributed by atoms with E-state index in [0.29, 0.717) is 16.8 Å². The Bertz CT molecular complexity index is 643. The molecule has 0 bridgehead atoms. The highest BCUT2D eigenvalue weighted by atomic mass is 16.5. The van der Waals surface area contributed by atoms with E-state index in [4.69, 9.17) is 4.74 Å². The summed E-state index contributed by atoms with van der Waals surface area (Å²) in [7, 11) is 2.97. The minimum absolute atomic E-state index is 0.0242. The van der Waals surface area contributed by atoms with Crippen LogP contribution in [0.4, 0.5) is 0 Å². The highest BCUT2D eigenvalue weighted by molar-refractivity contribution is 6.06. The maximum atomic E-state index is 12.8. The molecule has 1 amide bonds. The number of Topliss-reactive ketones (excluding diaryl/α,β-unsaturated/α-hetero) is 1. The number of likely N-dealkylation sites (N-methyl/N-ethyl adjacent to an activating group) is 1. The van der Waals surface area contributed by atoms with E-state index in [1.54, 1.807) is 27.8 Å². The summed E-state index contributed by atoms with van der Waals surface area (Å²) < 4.78 is 4.72. The number of aromatic nitrogens is 1. The first kappa shape index (κ1) is 17.2. The van der Waals surface area contributed by atoms with Gasteiger partial charge < -0.3 is 14.6 Å². The average Bonchev–Trinajstić information content (AvgIpc) is 2.77. The molecule has 0 aliphatic heterocycles. The molecule has 0 saturated heterocycles. The van der Waals surface area contributed by atoms with Gasteiger partial charge in [-0.1, -0.05) is 6.42 Å². The number of ketones is 1. The molecule has 1 heterocycles. The summed E-state index contributed by atoms with van der Waals surface area (Å²) >= 11 is 0. The first-order valence-corrected chi connectivity index (χ1v) is 7.87. The summed E-state index contributed by atoms with van der Waals surface area (Å²) in [5.74, 6) is -0.594. The van der Waals surface area contributed by atoms with Crippen LogP contribution in [0.15, 0.2) is 0 Å². The van der Waals surface area contributed by atoms with Crippen LogP contribution in [0.5, 0.6) is 0 Å². The molecule has 126 valence electrons. The third-order valence-corrected chi connectivity index (χ3v) is 4.84. The van der Waals surface area contributed by atoms with Crippen molar-refractivity contribution in [1.29, 1.82) is 0 Å². The van der Waals surface area contributed by atoms with Crippen molar-refractivity contribution in [1.82, 2.24) is 9.88 Å². The number of nitrogens with zero attached hydrogens (tertiary/aromatic N) is 1. The van der Waals surface area contributed by atoms with E-state index in [1.165, 1.54) is 12.0 Å². The fourth-order valence-electron chi connectivity index (χ4n) is 2.94. The summed E-state index contributed by atoms with van der Waals surface area (Å²) in [6.45, 7) is 5.18. The van der Waals surface area contributed by atoms with Gasteiger partial charge in [-0.3, -0.25) is 9.59 Å². The molecule has 1 aliphatic rings. The number of amides is 1. The zero-order chi connectivity index (χ0) is 17.3. The number of aromatic amines is 1. The van der Waals surface area contributed by atoms with Gasteiger partial charge in [-0.05, 0) is 39.2 Å². The monoisotopic (exact) mass is 320 g/mol. The number of rotatable bonds is 5. The zero-order valence-corrected chi connectivity index (χ0v) is 14.4. The predicted molar refractivity (Wildman–Crippen MR) is 85.5 cm³/mol. The molecule has 1 aromatic rings. The summed E-state index contributed by atoms with van der Waals surface area (Å²) in [6.07, 6.45) is 2.88. The normalized spacial score (nSPS) is 15.7. The molecule has 6 nitrogen and oxygen atoms in total. The fourth-order valence-corrected chi connectivity index (χ4v) is 2.94. The van der Waals surface area contributed by atoms with Gasteiger partial charge in [-0.15, -0.1) is 0 Å². The van der Waals surface area contributed by atoms with Crippen LogP contribution in [0.2, 0.25) is 0 Å². The van der Waals surface area contributed by atoms with Gasteiger partial charge in [0, 0.05) is 24.2 Å². The van der Waals surface area contributed by atoms with Gasteiger partial charge in [0.25, 0.3) is 0 Å². The number of H-pyrrole nitrogens is 1. The lowest BCUT2D eigenvalue weighted by molar-refractivity contribution is -0.137. The van der Waals surface area contributed by atoms with Gasteiger partial charge in [0.15, 0.2) is 5.78 Å². The number of ether oxygens (including phenoxy) is 1. The molecule has 1 atom stereocenters. The van der Waals surface area contributed by atoms with Crippen molar-refractivity contribution in [3.8, 4) is 0 Å². The van der Waals surface area contributed by atoms with Crippen molar-refractivity contribution < 1.29 is 19.1 Å². The Labute approximate surface area is 136 Å². The highest BCUT2D eigenvalue weighted by Gasteiger charge is 2.34. The van der Waals surface area contributed by atoms with E-state index in [1.807, 2.05) is 0 Å². The average molecular weight is 320 g/mol. The first-order valence-electron chi connectivity index (χ1n) is 7.87. The Morgan fingerprint density at radius 3 is 2.35 bits per heavy atom. The van der Waals surface area contributed by atoms with Crippen LogP contribution in [0.25, 0.3) is 0 Å². The minimum atomic E-state index is -0.568. The van der Waals surface area contributed by atoms with Crippen LogP contribution < -0.4 is 0 Å². The number of aryl methyl sites for hydroxylation is 1. The number of nitrogens with one attached hydrogen (secondary N) is 1. The Balaban J connectivity index is 2.24. The van der Waals surface area contributed by atoms with E-state index >= 15 is 0 Å². The van der Waals surface area contributed by atoms with Crippen molar-refractivity contribution in [3.63, 3.8) is 0 Å². The SMILES string of the molecule is COC(=O)c1[nH]c(C)c(C(=O)C(C)N(C)C(=O)C2CCC2)c1C. The molecule has 6 heteroatoms. The third-order valence-electron chi connectivity index (χ3n) is 4.84. The van der Waals surface area contributed by atoms with Crippen molar-refractivity contribution in [2.45, 2.75) is 46.1 Å². The van der Waals surface area contributed by atoms with Crippen LogP contribution >= 0.6 is 0 Å². The molecular formula is C17H24N2O4. The lowest BCUT2D eigenvalue weighted by Crippen LogP contribution is -2.45. The number of hydrogen-bond acceptors (Lipinski definition) is 4. The molecule has 0 spiro atoms. The van der Waals surface area contributed by atoms with Crippen molar-refractivity contribution in [3.05, 3.63) is 22.5 Å². The molecule has 1 unspecified atom stereocenters. The molecule has 0 aromatic carbocycles. The Hall–Kier alpha value is -2.11. The summed E-state index contributed by atoms with van der Waals surface area (Å²) in [6, 6.07) is -0.568. The van der Waals surface area contributed by atoms with Gasteiger partial charge in [0.05, 0.1) is 13.2 Å². The van der Waals surface area contributed by atoms with Gasteiger partial charge in [-0.2, -0.15) is 0 Å². The topological polar surface area (TPSA) is 79.5 Å². The summed E-state index contributed by atoms with van der Waals surface area (Å²) in [4.78, 5) is 41.3. The van der Waals surface area contributed by atoms with Crippen LogP contribution in [-0.4, -0.2) is 47.7 Å². The maximum Gasteiger partial charge on any atom is 0.354 e. The molecule has 23 heavy (non-hydrogen) atoms. The minimum Gasteiger partial charge on any atom is -0.464 e. The fraction of sp³-hybridized carbons (Fsp3) is 0.588. The quantitative estimate of drug-likeness (QED) is 0.666. The van der Waals surface area contributed by atoms with Gasteiger partial charge in [0.1, 0.15) is 5.69 Å².